The third-order valence-corrected chi connectivity index (χ3v) is 3.77. The summed E-state index contributed by atoms with van der Waals surface area (Å²) < 4.78 is 0. The van der Waals surface area contributed by atoms with Gasteiger partial charge in [-0.2, -0.15) is 0 Å². The van der Waals surface area contributed by atoms with Crippen molar-refractivity contribution in [1.29, 1.82) is 0 Å². The van der Waals surface area contributed by atoms with E-state index in [1.54, 1.807) is 11.3 Å². The fourth-order valence-electron chi connectivity index (χ4n) is 1.65. The molecular weight excluding hydrogens is 317 g/mol. The first-order chi connectivity index (χ1) is 8.76. The van der Waals surface area contributed by atoms with E-state index >= 15 is 0 Å². The van der Waals surface area contributed by atoms with E-state index in [0.717, 1.165) is 49.4 Å². The molecule has 0 saturated heterocycles. The topological polar surface area (TPSA) is 68.0 Å². The van der Waals surface area contributed by atoms with Crippen LogP contribution in [0.15, 0.2) is 5.38 Å². The van der Waals surface area contributed by atoms with E-state index < -0.39 is 0 Å². The number of hydrogen-bond acceptors (Lipinski definition) is 4. The zero-order valence-electron chi connectivity index (χ0n) is 11.9. The lowest BCUT2D eigenvalue weighted by molar-refractivity contribution is -0.121. The standard InChI is InChI=1S/C13H23N3OS.2ClH/c1-2-13-16-11(10-18-13)9-15-12(17)7-5-3-4-6-8-14;;/h10H,2-9,14H2,1H3,(H,15,17);2*1H. The van der Waals surface area contributed by atoms with Crippen molar-refractivity contribution in [3.05, 3.63) is 16.1 Å². The molecule has 1 aromatic heterocycles. The molecule has 20 heavy (non-hydrogen) atoms. The van der Waals surface area contributed by atoms with Gasteiger partial charge < -0.3 is 11.1 Å². The molecule has 0 aromatic carbocycles. The molecule has 0 radical (unpaired) electrons. The van der Waals surface area contributed by atoms with Crippen LogP contribution in [0.5, 0.6) is 0 Å². The van der Waals surface area contributed by atoms with E-state index in [1.165, 1.54) is 0 Å². The highest BCUT2D eigenvalue weighted by molar-refractivity contribution is 7.09. The summed E-state index contributed by atoms with van der Waals surface area (Å²) in [5, 5.41) is 6.05. The Hall–Kier alpha value is -0.360. The lowest BCUT2D eigenvalue weighted by Crippen LogP contribution is -2.22. The van der Waals surface area contributed by atoms with Gasteiger partial charge in [0.15, 0.2) is 0 Å². The highest BCUT2D eigenvalue weighted by Crippen LogP contribution is 2.10. The molecule has 0 spiro atoms. The van der Waals surface area contributed by atoms with Crippen LogP contribution in [-0.2, 0) is 17.8 Å². The maximum Gasteiger partial charge on any atom is 0.220 e. The van der Waals surface area contributed by atoms with E-state index in [0.29, 0.717) is 13.0 Å². The number of carbonyl (C=O) groups excluding carboxylic acids is 1. The molecule has 7 heteroatoms. The lowest BCUT2D eigenvalue weighted by Gasteiger charge is -2.03. The number of nitrogens with zero attached hydrogens (tertiary/aromatic N) is 1. The van der Waals surface area contributed by atoms with E-state index in [4.69, 9.17) is 5.73 Å². The average molecular weight is 342 g/mol. The maximum absolute atomic E-state index is 11.6. The Labute approximate surface area is 137 Å². The van der Waals surface area contributed by atoms with Crippen LogP contribution < -0.4 is 11.1 Å². The van der Waals surface area contributed by atoms with Gasteiger partial charge in [0.05, 0.1) is 17.2 Å². The number of halogens is 2. The van der Waals surface area contributed by atoms with Gasteiger partial charge in [0.1, 0.15) is 0 Å². The fraction of sp³-hybridized carbons (Fsp3) is 0.692. The second-order valence-electron chi connectivity index (χ2n) is 4.32. The van der Waals surface area contributed by atoms with Crippen molar-refractivity contribution in [2.24, 2.45) is 5.73 Å². The number of aromatic nitrogens is 1. The molecule has 1 amide bonds. The summed E-state index contributed by atoms with van der Waals surface area (Å²) in [5.74, 6) is 0.119. The predicted octanol–water partition coefficient (Wildman–Crippen LogP) is 3.07. The molecule has 0 unspecified atom stereocenters. The van der Waals surface area contributed by atoms with Gasteiger partial charge in [0.2, 0.25) is 5.91 Å². The molecule has 0 aliphatic carbocycles. The largest absolute Gasteiger partial charge is 0.350 e. The van der Waals surface area contributed by atoms with Gasteiger partial charge in [-0.05, 0) is 25.8 Å². The van der Waals surface area contributed by atoms with Crippen molar-refractivity contribution < 1.29 is 4.79 Å². The minimum atomic E-state index is 0. The second-order valence-corrected chi connectivity index (χ2v) is 5.26. The number of amides is 1. The van der Waals surface area contributed by atoms with Crippen LogP contribution in [0.25, 0.3) is 0 Å². The predicted molar refractivity (Wildman–Crippen MR) is 90.0 cm³/mol. The van der Waals surface area contributed by atoms with Crippen molar-refractivity contribution in [3.63, 3.8) is 0 Å². The number of rotatable bonds is 9. The monoisotopic (exact) mass is 341 g/mol. The third kappa shape index (κ3) is 9.53. The minimum absolute atomic E-state index is 0. The molecule has 0 saturated carbocycles. The summed E-state index contributed by atoms with van der Waals surface area (Å²) in [6.45, 7) is 3.39. The number of thiazole rings is 1. The SMILES string of the molecule is CCc1nc(CNC(=O)CCCCCCN)cs1.Cl.Cl. The van der Waals surface area contributed by atoms with E-state index in [-0.39, 0.29) is 30.7 Å². The van der Waals surface area contributed by atoms with Crippen LogP contribution in [0.4, 0.5) is 0 Å². The molecule has 3 N–H and O–H groups in total. The first-order valence-electron chi connectivity index (χ1n) is 6.66. The Bertz CT molecular complexity index is 361. The Morgan fingerprint density at radius 1 is 1.30 bits per heavy atom. The van der Waals surface area contributed by atoms with Crippen LogP contribution in [0.2, 0.25) is 0 Å². The Kier molecular flexibility index (Phi) is 14.9. The maximum atomic E-state index is 11.6. The van der Waals surface area contributed by atoms with Crippen molar-refractivity contribution in [3.8, 4) is 0 Å². The summed E-state index contributed by atoms with van der Waals surface area (Å²) in [6, 6.07) is 0. The highest BCUT2D eigenvalue weighted by Gasteiger charge is 2.03. The quantitative estimate of drug-likeness (QED) is 0.678. The van der Waals surface area contributed by atoms with Crippen molar-refractivity contribution in [2.75, 3.05) is 6.54 Å². The number of nitrogens with two attached hydrogens (primary N) is 1. The first-order valence-corrected chi connectivity index (χ1v) is 7.54. The zero-order valence-corrected chi connectivity index (χ0v) is 14.3. The highest BCUT2D eigenvalue weighted by atomic mass is 35.5. The summed E-state index contributed by atoms with van der Waals surface area (Å²) in [4.78, 5) is 16.0. The van der Waals surface area contributed by atoms with Gasteiger partial charge in [0, 0.05) is 11.8 Å². The Morgan fingerprint density at radius 2 is 2.00 bits per heavy atom. The summed E-state index contributed by atoms with van der Waals surface area (Å²) in [6.07, 6.45) is 5.77. The van der Waals surface area contributed by atoms with Crippen molar-refractivity contribution in [2.45, 2.75) is 52.0 Å². The number of aryl methyl sites for hydroxylation is 1. The van der Waals surface area contributed by atoms with Crippen molar-refractivity contribution >= 4 is 42.1 Å². The van der Waals surface area contributed by atoms with Gasteiger partial charge in [-0.3, -0.25) is 4.79 Å². The smallest absolute Gasteiger partial charge is 0.220 e. The van der Waals surface area contributed by atoms with E-state index in [2.05, 4.69) is 17.2 Å². The van der Waals surface area contributed by atoms with Gasteiger partial charge in [-0.15, -0.1) is 36.2 Å². The van der Waals surface area contributed by atoms with Crippen molar-refractivity contribution in [1.82, 2.24) is 10.3 Å². The number of hydrogen-bond donors (Lipinski definition) is 2. The van der Waals surface area contributed by atoms with E-state index in [9.17, 15) is 4.79 Å². The number of nitrogens with one attached hydrogen (secondary N) is 1. The molecule has 118 valence electrons. The first kappa shape index (κ1) is 21.9. The lowest BCUT2D eigenvalue weighted by atomic mass is 10.1. The summed E-state index contributed by atoms with van der Waals surface area (Å²) >= 11 is 1.65. The zero-order chi connectivity index (χ0) is 13.2. The third-order valence-electron chi connectivity index (χ3n) is 2.73. The van der Waals surface area contributed by atoms with Crippen LogP contribution in [0, 0.1) is 0 Å². The summed E-state index contributed by atoms with van der Waals surface area (Å²) in [5.41, 5.74) is 6.38. The molecule has 0 bridgehead atoms. The van der Waals surface area contributed by atoms with Gasteiger partial charge in [-0.1, -0.05) is 19.8 Å². The Balaban J connectivity index is 0. The van der Waals surface area contributed by atoms with Crippen LogP contribution in [0.3, 0.4) is 0 Å². The molecule has 0 aliphatic rings. The van der Waals surface area contributed by atoms with Gasteiger partial charge >= 0.3 is 0 Å². The molecule has 1 aromatic rings. The number of unbranched alkanes of at least 4 members (excludes halogenated alkanes) is 3. The minimum Gasteiger partial charge on any atom is -0.350 e. The molecule has 0 aliphatic heterocycles. The molecule has 1 rings (SSSR count). The molecular formula is C13H25Cl2N3OS. The van der Waals surface area contributed by atoms with Crippen LogP contribution in [-0.4, -0.2) is 17.4 Å². The van der Waals surface area contributed by atoms with Crippen LogP contribution in [0.1, 0.15) is 49.7 Å². The molecule has 4 nitrogen and oxygen atoms in total. The Morgan fingerprint density at radius 3 is 2.60 bits per heavy atom. The fourth-order valence-corrected chi connectivity index (χ4v) is 2.40. The van der Waals surface area contributed by atoms with E-state index in [1.807, 2.05) is 5.38 Å². The number of carbonyl (C=O) groups is 1. The molecule has 0 fully saturated rings. The average Bonchev–Trinajstić information content (AvgIpc) is 2.84. The second kappa shape index (κ2) is 13.6. The van der Waals surface area contributed by atoms with Gasteiger partial charge in [-0.25, -0.2) is 4.98 Å². The molecule has 1 heterocycles. The molecule has 0 atom stereocenters. The van der Waals surface area contributed by atoms with Crippen LogP contribution >= 0.6 is 36.2 Å². The summed E-state index contributed by atoms with van der Waals surface area (Å²) in [7, 11) is 0. The van der Waals surface area contributed by atoms with Gasteiger partial charge in [0.25, 0.3) is 0 Å². The normalized spacial score (nSPS) is 9.50.